The highest BCUT2D eigenvalue weighted by molar-refractivity contribution is 5.91. The van der Waals surface area contributed by atoms with Gasteiger partial charge >= 0.3 is 6.09 Å². The number of hydrogen-bond acceptors (Lipinski definition) is 3. The average molecular weight is 340 g/mol. The normalized spacial score (nSPS) is 24.8. The number of carbonyl (C=O) groups excluding carboxylic acids is 1. The molecule has 4 nitrogen and oxygen atoms in total. The molecular weight excluding hydrogens is 319 g/mol. The lowest BCUT2D eigenvalue weighted by Crippen LogP contribution is -2.52. The Morgan fingerprint density at radius 1 is 1.12 bits per heavy atom. The highest BCUT2D eigenvalue weighted by Gasteiger charge is 2.36. The zero-order valence-corrected chi connectivity index (χ0v) is 14.0. The first kappa shape index (κ1) is 16.1. The first-order valence-electron chi connectivity index (χ1n) is 8.74. The number of halogens is 1. The summed E-state index contributed by atoms with van der Waals surface area (Å²) in [4.78, 5) is 14.7. The number of piperidine rings is 3. The summed E-state index contributed by atoms with van der Waals surface area (Å²) in [7, 11) is 0. The van der Waals surface area contributed by atoms with Crippen molar-refractivity contribution in [3.8, 4) is 11.1 Å². The molecule has 5 heteroatoms. The molecule has 0 saturated carbocycles. The lowest BCUT2D eigenvalue weighted by Gasteiger charge is -2.43. The second-order valence-electron chi connectivity index (χ2n) is 6.76. The Hall–Kier alpha value is -2.40. The molecule has 2 aromatic carbocycles. The summed E-state index contributed by atoms with van der Waals surface area (Å²) in [6.07, 6.45) is 1.65. The molecule has 3 aliphatic heterocycles. The highest BCUT2D eigenvalue weighted by Crippen LogP contribution is 2.31. The average Bonchev–Trinajstić information content (AvgIpc) is 2.65. The molecule has 25 heavy (non-hydrogen) atoms. The van der Waals surface area contributed by atoms with Gasteiger partial charge in [-0.1, -0.05) is 30.3 Å². The lowest BCUT2D eigenvalue weighted by molar-refractivity contribution is -0.0289. The fraction of sp³-hybridized carbons (Fsp3) is 0.350. The van der Waals surface area contributed by atoms with Crippen LogP contribution in [0.2, 0.25) is 0 Å². The van der Waals surface area contributed by atoms with E-state index >= 15 is 0 Å². The minimum Gasteiger partial charge on any atom is -0.444 e. The quantitative estimate of drug-likeness (QED) is 0.913. The van der Waals surface area contributed by atoms with Crippen LogP contribution in [0.15, 0.2) is 48.5 Å². The molecule has 3 fully saturated rings. The van der Waals surface area contributed by atoms with Crippen molar-refractivity contribution in [2.45, 2.75) is 18.9 Å². The fourth-order valence-corrected chi connectivity index (χ4v) is 3.80. The number of fused-ring (bicyclic) bond motifs is 3. The minimum atomic E-state index is -0.470. The van der Waals surface area contributed by atoms with E-state index in [1.54, 1.807) is 6.07 Å². The second-order valence-corrected chi connectivity index (χ2v) is 6.76. The van der Waals surface area contributed by atoms with Crippen molar-refractivity contribution >= 4 is 11.8 Å². The number of benzene rings is 2. The van der Waals surface area contributed by atoms with Gasteiger partial charge in [0.05, 0.1) is 5.69 Å². The van der Waals surface area contributed by atoms with Crippen molar-refractivity contribution in [3.63, 3.8) is 0 Å². The van der Waals surface area contributed by atoms with Crippen LogP contribution in [0.1, 0.15) is 12.8 Å². The van der Waals surface area contributed by atoms with E-state index < -0.39 is 6.09 Å². The van der Waals surface area contributed by atoms with Crippen LogP contribution in [0.4, 0.5) is 14.9 Å². The number of nitrogens with one attached hydrogen (secondary N) is 1. The van der Waals surface area contributed by atoms with E-state index in [0.29, 0.717) is 17.2 Å². The molecule has 0 spiro atoms. The van der Waals surface area contributed by atoms with Gasteiger partial charge in [-0.15, -0.1) is 0 Å². The fourth-order valence-electron chi connectivity index (χ4n) is 3.80. The summed E-state index contributed by atoms with van der Waals surface area (Å²) in [5, 5.41) is 2.80. The maximum Gasteiger partial charge on any atom is 0.411 e. The molecule has 0 radical (unpaired) electrons. The molecule has 3 aliphatic rings. The van der Waals surface area contributed by atoms with Crippen molar-refractivity contribution < 1.29 is 13.9 Å². The second kappa shape index (κ2) is 6.84. The van der Waals surface area contributed by atoms with Gasteiger partial charge in [-0.25, -0.2) is 9.18 Å². The molecule has 3 heterocycles. The summed E-state index contributed by atoms with van der Waals surface area (Å²) in [5.41, 5.74) is 2.05. The Morgan fingerprint density at radius 2 is 1.88 bits per heavy atom. The van der Waals surface area contributed by atoms with E-state index in [1.807, 2.05) is 30.3 Å². The maximum atomic E-state index is 13.7. The summed E-state index contributed by atoms with van der Waals surface area (Å²) in [6, 6.07) is 13.8. The van der Waals surface area contributed by atoms with Crippen molar-refractivity contribution in [3.05, 3.63) is 54.3 Å². The van der Waals surface area contributed by atoms with Crippen LogP contribution in [-0.2, 0) is 4.74 Å². The number of ether oxygens (including phenoxy) is 1. The third kappa shape index (κ3) is 3.51. The van der Waals surface area contributed by atoms with E-state index in [0.717, 1.165) is 38.0 Å². The van der Waals surface area contributed by atoms with Crippen molar-refractivity contribution in [1.82, 2.24) is 4.90 Å². The van der Waals surface area contributed by atoms with Gasteiger partial charge in [-0.3, -0.25) is 10.2 Å². The third-order valence-electron chi connectivity index (χ3n) is 5.16. The standard InChI is InChI=1S/C20H21FN2O2/c21-16-6-7-18(17(12-16)14-4-2-1-3-5-14)22-20(24)25-19-13-23-10-8-15(19)9-11-23/h1-7,12,15,19H,8-11,13H2,(H,22,24)/t19-/m0/s1. The monoisotopic (exact) mass is 340 g/mol. The van der Waals surface area contributed by atoms with Crippen LogP contribution in [0, 0.1) is 11.7 Å². The molecular formula is C20H21FN2O2. The molecule has 2 bridgehead atoms. The smallest absolute Gasteiger partial charge is 0.411 e. The van der Waals surface area contributed by atoms with Crippen LogP contribution in [-0.4, -0.2) is 36.7 Å². The van der Waals surface area contributed by atoms with E-state index in [-0.39, 0.29) is 11.9 Å². The van der Waals surface area contributed by atoms with Gasteiger partial charge in [0.2, 0.25) is 0 Å². The van der Waals surface area contributed by atoms with Crippen molar-refractivity contribution in [2.24, 2.45) is 5.92 Å². The molecule has 0 unspecified atom stereocenters. The molecule has 5 rings (SSSR count). The first-order chi connectivity index (χ1) is 12.2. The lowest BCUT2D eigenvalue weighted by atomic mass is 9.86. The first-order valence-corrected chi connectivity index (χ1v) is 8.74. The highest BCUT2D eigenvalue weighted by atomic mass is 19.1. The predicted molar refractivity (Wildman–Crippen MR) is 94.9 cm³/mol. The van der Waals surface area contributed by atoms with Gasteiger partial charge in [-0.2, -0.15) is 0 Å². The molecule has 1 N–H and O–H groups in total. The molecule has 2 aromatic rings. The number of amides is 1. The topological polar surface area (TPSA) is 41.6 Å². The van der Waals surface area contributed by atoms with Crippen LogP contribution >= 0.6 is 0 Å². The van der Waals surface area contributed by atoms with E-state index in [2.05, 4.69) is 10.2 Å². The zero-order chi connectivity index (χ0) is 17.2. The van der Waals surface area contributed by atoms with Gasteiger partial charge < -0.3 is 4.74 Å². The van der Waals surface area contributed by atoms with Gasteiger partial charge in [0.25, 0.3) is 0 Å². The minimum absolute atomic E-state index is 0.0527. The van der Waals surface area contributed by atoms with Crippen molar-refractivity contribution in [2.75, 3.05) is 25.0 Å². The largest absolute Gasteiger partial charge is 0.444 e. The van der Waals surface area contributed by atoms with Crippen molar-refractivity contribution in [1.29, 1.82) is 0 Å². The Kier molecular flexibility index (Phi) is 4.40. The zero-order valence-electron chi connectivity index (χ0n) is 14.0. The van der Waals surface area contributed by atoms with Crippen LogP contribution in [0.25, 0.3) is 11.1 Å². The van der Waals surface area contributed by atoms with E-state index in [4.69, 9.17) is 4.74 Å². The SMILES string of the molecule is O=C(Nc1ccc(F)cc1-c1ccccc1)O[C@H]1CN2CCC1CC2. The molecule has 1 amide bonds. The summed E-state index contributed by atoms with van der Waals surface area (Å²) < 4.78 is 19.4. The Bertz CT molecular complexity index is 758. The van der Waals surface area contributed by atoms with E-state index in [1.165, 1.54) is 12.1 Å². The van der Waals surface area contributed by atoms with Crippen LogP contribution in [0.5, 0.6) is 0 Å². The molecule has 3 saturated heterocycles. The third-order valence-corrected chi connectivity index (χ3v) is 5.16. The van der Waals surface area contributed by atoms with Gasteiger partial charge in [0.1, 0.15) is 11.9 Å². The Labute approximate surface area is 146 Å². The van der Waals surface area contributed by atoms with Gasteiger partial charge in [0, 0.05) is 12.1 Å². The molecule has 0 aliphatic carbocycles. The molecule has 130 valence electrons. The maximum absolute atomic E-state index is 13.7. The number of anilines is 1. The summed E-state index contributed by atoms with van der Waals surface area (Å²) >= 11 is 0. The summed E-state index contributed by atoms with van der Waals surface area (Å²) in [5.74, 6) is 0.118. The van der Waals surface area contributed by atoms with Crippen LogP contribution in [0.3, 0.4) is 0 Å². The summed E-state index contributed by atoms with van der Waals surface area (Å²) in [6.45, 7) is 3.01. The van der Waals surface area contributed by atoms with E-state index in [9.17, 15) is 9.18 Å². The Morgan fingerprint density at radius 3 is 2.56 bits per heavy atom. The number of hydrogen-bond donors (Lipinski definition) is 1. The molecule has 0 aromatic heterocycles. The number of nitrogens with zero attached hydrogens (tertiary/aromatic N) is 1. The number of rotatable bonds is 3. The molecule has 1 atom stereocenters. The van der Waals surface area contributed by atoms with Gasteiger partial charge in [0.15, 0.2) is 0 Å². The van der Waals surface area contributed by atoms with Crippen LogP contribution < -0.4 is 5.32 Å². The van der Waals surface area contributed by atoms with Gasteiger partial charge in [-0.05, 0) is 55.6 Å². The Balaban J connectivity index is 1.50. The predicted octanol–water partition coefficient (Wildman–Crippen LogP) is 4.14. The number of carbonyl (C=O) groups is 1.